The standard InChI is InChI=1S/C18H20Cl2N2O2/c19-14-6-1-2-8-16(14)22(18-15(20)7-5-10-21-18)11-13-24-17-9-3-4-12-23-17/h1-2,5-8,10,17H,3-4,9,11-13H2. The molecule has 1 saturated heterocycles. The van der Waals surface area contributed by atoms with Crippen molar-refractivity contribution in [3.05, 3.63) is 52.6 Å². The van der Waals surface area contributed by atoms with Crippen LogP contribution in [0.15, 0.2) is 42.6 Å². The number of halogens is 2. The first-order valence-corrected chi connectivity index (χ1v) is 8.87. The summed E-state index contributed by atoms with van der Waals surface area (Å²) in [6, 6.07) is 11.3. The fourth-order valence-electron chi connectivity index (χ4n) is 2.71. The second-order valence-corrected chi connectivity index (χ2v) is 6.39. The maximum absolute atomic E-state index is 6.37. The van der Waals surface area contributed by atoms with E-state index in [2.05, 4.69) is 4.98 Å². The summed E-state index contributed by atoms with van der Waals surface area (Å²) in [5.74, 6) is 0.667. The van der Waals surface area contributed by atoms with Crippen molar-refractivity contribution in [2.75, 3.05) is 24.7 Å². The molecular weight excluding hydrogens is 347 g/mol. The first-order chi connectivity index (χ1) is 11.8. The Morgan fingerprint density at radius 3 is 2.71 bits per heavy atom. The molecule has 3 rings (SSSR count). The van der Waals surface area contributed by atoms with Crippen molar-refractivity contribution in [3.63, 3.8) is 0 Å². The van der Waals surface area contributed by atoms with Gasteiger partial charge in [0.15, 0.2) is 12.1 Å². The summed E-state index contributed by atoms with van der Waals surface area (Å²) in [5, 5.41) is 1.22. The molecule has 1 aliphatic heterocycles. The minimum Gasteiger partial charge on any atom is -0.353 e. The van der Waals surface area contributed by atoms with Crippen LogP contribution in [0.2, 0.25) is 10.0 Å². The molecule has 1 atom stereocenters. The number of hydrogen-bond acceptors (Lipinski definition) is 4. The molecule has 2 aromatic rings. The maximum atomic E-state index is 6.37. The van der Waals surface area contributed by atoms with E-state index >= 15 is 0 Å². The van der Waals surface area contributed by atoms with Crippen molar-refractivity contribution >= 4 is 34.7 Å². The highest BCUT2D eigenvalue weighted by atomic mass is 35.5. The number of pyridine rings is 1. The first-order valence-electron chi connectivity index (χ1n) is 8.11. The minimum absolute atomic E-state index is 0.119. The quantitative estimate of drug-likeness (QED) is 0.714. The molecule has 1 unspecified atom stereocenters. The third kappa shape index (κ3) is 4.39. The molecule has 0 amide bonds. The van der Waals surface area contributed by atoms with Crippen LogP contribution < -0.4 is 4.90 Å². The topological polar surface area (TPSA) is 34.6 Å². The Labute approximate surface area is 152 Å². The van der Waals surface area contributed by atoms with Gasteiger partial charge in [-0.3, -0.25) is 0 Å². The monoisotopic (exact) mass is 366 g/mol. The summed E-state index contributed by atoms with van der Waals surface area (Å²) in [4.78, 5) is 6.39. The molecule has 0 saturated carbocycles. The van der Waals surface area contributed by atoms with Crippen LogP contribution in [0.3, 0.4) is 0 Å². The lowest BCUT2D eigenvalue weighted by Gasteiger charge is -2.28. The molecule has 6 heteroatoms. The fraction of sp³-hybridized carbons (Fsp3) is 0.389. The Morgan fingerprint density at radius 1 is 1.12 bits per heavy atom. The van der Waals surface area contributed by atoms with Crippen molar-refractivity contribution in [2.24, 2.45) is 0 Å². The molecule has 1 aliphatic rings. The molecule has 0 aliphatic carbocycles. The maximum Gasteiger partial charge on any atom is 0.157 e. The summed E-state index contributed by atoms with van der Waals surface area (Å²) >= 11 is 12.7. The molecule has 1 aromatic carbocycles. The van der Waals surface area contributed by atoms with E-state index in [-0.39, 0.29) is 6.29 Å². The van der Waals surface area contributed by atoms with Crippen molar-refractivity contribution in [3.8, 4) is 0 Å². The molecule has 0 N–H and O–H groups in total. The Hall–Kier alpha value is -1.33. The second kappa shape index (κ2) is 8.67. The van der Waals surface area contributed by atoms with Gasteiger partial charge < -0.3 is 14.4 Å². The van der Waals surface area contributed by atoms with Crippen molar-refractivity contribution in [2.45, 2.75) is 25.6 Å². The number of anilines is 2. The number of para-hydroxylation sites is 1. The van der Waals surface area contributed by atoms with E-state index in [1.54, 1.807) is 6.20 Å². The van der Waals surface area contributed by atoms with Crippen LogP contribution in [0.25, 0.3) is 0 Å². The van der Waals surface area contributed by atoms with E-state index in [1.165, 1.54) is 0 Å². The van der Waals surface area contributed by atoms with E-state index < -0.39 is 0 Å². The molecule has 1 fully saturated rings. The third-order valence-electron chi connectivity index (χ3n) is 3.89. The van der Waals surface area contributed by atoms with Gasteiger partial charge in [-0.1, -0.05) is 35.3 Å². The molecule has 1 aromatic heterocycles. The Bertz CT molecular complexity index is 617. The average molecular weight is 367 g/mol. The molecule has 128 valence electrons. The molecular formula is C18H20Cl2N2O2. The van der Waals surface area contributed by atoms with Gasteiger partial charge in [0.2, 0.25) is 0 Å². The first kappa shape index (κ1) is 17.5. The SMILES string of the molecule is Clc1ccccc1N(CCOC1CCCCO1)c1ncccc1Cl. The Morgan fingerprint density at radius 2 is 1.96 bits per heavy atom. The Balaban J connectivity index is 1.75. The van der Waals surface area contributed by atoms with Crippen LogP contribution in [0, 0.1) is 0 Å². The molecule has 0 radical (unpaired) electrons. The Kier molecular flexibility index (Phi) is 6.32. The highest BCUT2D eigenvalue weighted by Gasteiger charge is 2.18. The summed E-state index contributed by atoms with van der Waals surface area (Å²) in [6.07, 6.45) is 4.79. The lowest BCUT2D eigenvalue weighted by Crippen LogP contribution is -2.28. The van der Waals surface area contributed by atoms with Crippen molar-refractivity contribution in [1.29, 1.82) is 0 Å². The number of rotatable bonds is 6. The van der Waals surface area contributed by atoms with Gasteiger partial charge in [-0.2, -0.15) is 0 Å². The van der Waals surface area contributed by atoms with Crippen LogP contribution in [0.5, 0.6) is 0 Å². The van der Waals surface area contributed by atoms with Crippen molar-refractivity contribution < 1.29 is 9.47 Å². The number of nitrogens with zero attached hydrogens (tertiary/aromatic N) is 2. The van der Waals surface area contributed by atoms with Gasteiger partial charge in [0.1, 0.15) is 0 Å². The fourth-order valence-corrected chi connectivity index (χ4v) is 3.17. The average Bonchev–Trinajstić information content (AvgIpc) is 2.61. The largest absolute Gasteiger partial charge is 0.353 e. The van der Waals surface area contributed by atoms with Crippen LogP contribution in [0.4, 0.5) is 11.5 Å². The predicted molar refractivity (Wildman–Crippen MR) is 97.2 cm³/mol. The lowest BCUT2D eigenvalue weighted by atomic mass is 10.2. The van der Waals surface area contributed by atoms with Crippen LogP contribution in [-0.2, 0) is 9.47 Å². The van der Waals surface area contributed by atoms with Gasteiger partial charge in [-0.25, -0.2) is 4.98 Å². The summed E-state index contributed by atoms with van der Waals surface area (Å²) < 4.78 is 11.5. The van der Waals surface area contributed by atoms with Gasteiger partial charge in [0.05, 0.1) is 22.3 Å². The van der Waals surface area contributed by atoms with Gasteiger partial charge in [0.25, 0.3) is 0 Å². The summed E-state index contributed by atoms with van der Waals surface area (Å²) in [7, 11) is 0. The zero-order valence-electron chi connectivity index (χ0n) is 13.3. The smallest absolute Gasteiger partial charge is 0.157 e. The molecule has 4 nitrogen and oxygen atoms in total. The zero-order chi connectivity index (χ0) is 16.8. The highest BCUT2D eigenvalue weighted by molar-refractivity contribution is 6.34. The van der Waals surface area contributed by atoms with Gasteiger partial charge in [-0.05, 0) is 43.5 Å². The van der Waals surface area contributed by atoms with E-state index in [9.17, 15) is 0 Å². The predicted octanol–water partition coefficient (Wildman–Crippen LogP) is 5.07. The third-order valence-corrected chi connectivity index (χ3v) is 4.51. The number of ether oxygens (including phenoxy) is 2. The number of hydrogen-bond donors (Lipinski definition) is 0. The highest BCUT2D eigenvalue weighted by Crippen LogP contribution is 2.34. The molecule has 24 heavy (non-hydrogen) atoms. The number of benzene rings is 1. The van der Waals surface area contributed by atoms with Crippen LogP contribution in [-0.4, -0.2) is 31.0 Å². The zero-order valence-corrected chi connectivity index (χ0v) is 14.8. The minimum atomic E-state index is -0.119. The normalized spacial score (nSPS) is 17.7. The van der Waals surface area contributed by atoms with Gasteiger partial charge in [0, 0.05) is 19.3 Å². The van der Waals surface area contributed by atoms with E-state index in [4.69, 9.17) is 32.7 Å². The lowest BCUT2D eigenvalue weighted by molar-refractivity contribution is -0.160. The van der Waals surface area contributed by atoms with E-state index in [0.29, 0.717) is 29.0 Å². The van der Waals surface area contributed by atoms with Crippen LogP contribution in [0.1, 0.15) is 19.3 Å². The van der Waals surface area contributed by atoms with E-state index in [0.717, 1.165) is 31.6 Å². The number of aromatic nitrogens is 1. The van der Waals surface area contributed by atoms with Gasteiger partial charge in [-0.15, -0.1) is 0 Å². The van der Waals surface area contributed by atoms with Crippen LogP contribution >= 0.6 is 23.2 Å². The summed E-state index contributed by atoms with van der Waals surface area (Å²) in [5.41, 5.74) is 0.855. The molecule has 0 spiro atoms. The summed E-state index contributed by atoms with van der Waals surface area (Å²) in [6.45, 7) is 1.86. The van der Waals surface area contributed by atoms with E-state index in [1.807, 2.05) is 41.3 Å². The second-order valence-electron chi connectivity index (χ2n) is 5.58. The molecule has 0 bridgehead atoms. The van der Waals surface area contributed by atoms with Gasteiger partial charge >= 0.3 is 0 Å². The van der Waals surface area contributed by atoms with Crippen molar-refractivity contribution in [1.82, 2.24) is 4.98 Å². The molecule has 2 heterocycles.